The quantitative estimate of drug-likeness (QED) is 0.150. The van der Waals surface area contributed by atoms with Gasteiger partial charge in [-0.05, 0) is 12.8 Å². The van der Waals surface area contributed by atoms with Gasteiger partial charge in [0.05, 0.1) is 34.4 Å². The molecule has 1 N–H and O–H groups in total. The first kappa shape index (κ1) is 31.3. The van der Waals surface area contributed by atoms with E-state index in [0.29, 0.717) is 19.3 Å². The summed E-state index contributed by atoms with van der Waals surface area (Å²) in [6.45, 7) is 4.40. The minimum Gasteiger partial charge on any atom is -0.477 e. The Labute approximate surface area is 200 Å². The SMILES string of the molecule is CCCCCCCCCC(=O)OC(COCCC(C(=O)O)[N+](C)(C)C)COC(=O)CCCC. The third kappa shape index (κ3) is 17.5. The van der Waals surface area contributed by atoms with Crippen LogP contribution in [0.1, 0.15) is 90.9 Å². The number of hydrogen-bond donors (Lipinski definition) is 1. The zero-order valence-corrected chi connectivity index (χ0v) is 21.6. The van der Waals surface area contributed by atoms with Crippen molar-refractivity contribution >= 4 is 17.9 Å². The largest absolute Gasteiger partial charge is 0.477 e. The summed E-state index contributed by atoms with van der Waals surface area (Å²) in [4.78, 5) is 35.6. The van der Waals surface area contributed by atoms with Crippen molar-refractivity contribution in [3.8, 4) is 0 Å². The van der Waals surface area contributed by atoms with Gasteiger partial charge in [0.1, 0.15) is 6.61 Å². The van der Waals surface area contributed by atoms with E-state index in [0.717, 1.165) is 32.1 Å². The van der Waals surface area contributed by atoms with Gasteiger partial charge < -0.3 is 23.8 Å². The molecule has 2 atom stereocenters. The van der Waals surface area contributed by atoms with E-state index in [-0.39, 0.29) is 36.2 Å². The molecule has 33 heavy (non-hydrogen) atoms. The van der Waals surface area contributed by atoms with Crippen LogP contribution in [0.5, 0.6) is 0 Å². The van der Waals surface area contributed by atoms with Gasteiger partial charge in [-0.1, -0.05) is 58.8 Å². The van der Waals surface area contributed by atoms with Crippen LogP contribution in [0.25, 0.3) is 0 Å². The lowest BCUT2D eigenvalue weighted by Crippen LogP contribution is -2.50. The number of hydrogen-bond acceptors (Lipinski definition) is 6. The fourth-order valence-electron chi connectivity index (χ4n) is 3.42. The molecule has 8 nitrogen and oxygen atoms in total. The Balaban J connectivity index is 4.51. The van der Waals surface area contributed by atoms with Gasteiger partial charge in [-0.3, -0.25) is 9.59 Å². The lowest BCUT2D eigenvalue weighted by atomic mass is 10.1. The van der Waals surface area contributed by atoms with Crippen LogP contribution >= 0.6 is 0 Å². The molecule has 0 aromatic heterocycles. The van der Waals surface area contributed by atoms with Crippen molar-refractivity contribution in [2.45, 2.75) is 103 Å². The highest BCUT2D eigenvalue weighted by molar-refractivity contribution is 5.72. The van der Waals surface area contributed by atoms with Crippen LogP contribution in [-0.4, -0.2) is 80.6 Å². The van der Waals surface area contributed by atoms with Crippen LogP contribution < -0.4 is 0 Å². The second kappa shape index (κ2) is 18.7. The number of aliphatic carboxylic acids is 1. The first-order chi connectivity index (χ1) is 15.6. The highest BCUT2D eigenvalue weighted by atomic mass is 16.6. The lowest BCUT2D eigenvalue weighted by Gasteiger charge is -2.31. The van der Waals surface area contributed by atoms with Crippen LogP contribution in [0.4, 0.5) is 0 Å². The monoisotopic (exact) mass is 474 g/mol. The first-order valence-electron chi connectivity index (χ1n) is 12.6. The third-order valence-electron chi connectivity index (χ3n) is 5.51. The van der Waals surface area contributed by atoms with Gasteiger partial charge in [0.2, 0.25) is 0 Å². The molecule has 194 valence electrons. The van der Waals surface area contributed by atoms with Crippen LogP contribution in [0, 0.1) is 0 Å². The molecule has 0 saturated carbocycles. The lowest BCUT2D eigenvalue weighted by molar-refractivity contribution is -0.887. The van der Waals surface area contributed by atoms with Crippen LogP contribution in [0.3, 0.4) is 0 Å². The van der Waals surface area contributed by atoms with Crippen molar-refractivity contribution in [3.05, 3.63) is 0 Å². The van der Waals surface area contributed by atoms with Gasteiger partial charge in [-0.2, -0.15) is 0 Å². The molecular weight excluding hydrogens is 426 g/mol. The summed E-state index contributed by atoms with van der Waals surface area (Å²) in [5, 5.41) is 9.42. The number of ether oxygens (including phenoxy) is 3. The van der Waals surface area contributed by atoms with E-state index < -0.39 is 18.1 Å². The normalized spacial score (nSPS) is 13.4. The molecule has 0 saturated heterocycles. The van der Waals surface area contributed by atoms with Crippen LogP contribution in [-0.2, 0) is 28.6 Å². The van der Waals surface area contributed by atoms with E-state index in [2.05, 4.69) is 6.92 Å². The summed E-state index contributed by atoms with van der Waals surface area (Å²) < 4.78 is 16.7. The predicted molar refractivity (Wildman–Crippen MR) is 128 cm³/mol. The van der Waals surface area contributed by atoms with E-state index in [9.17, 15) is 19.5 Å². The van der Waals surface area contributed by atoms with E-state index in [1.165, 1.54) is 25.7 Å². The van der Waals surface area contributed by atoms with Gasteiger partial charge in [0.25, 0.3) is 0 Å². The molecule has 2 unspecified atom stereocenters. The van der Waals surface area contributed by atoms with Crippen LogP contribution in [0.2, 0.25) is 0 Å². The van der Waals surface area contributed by atoms with Crippen molar-refractivity contribution in [2.24, 2.45) is 0 Å². The fraction of sp³-hybridized carbons (Fsp3) is 0.880. The smallest absolute Gasteiger partial charge is 0.362 e. The fourth-order valence-corrected chi connectivity index (χ4v) is 3.42. The molecule has 8 heteroatoms. The third-order valence-corrected chi connectivity index (χ3v) is 5.51. The minimum atomic E-state index is -0.881. The van der Waals surface area contributed by atoms with Gasteiger partial charge in [-0.15, -0.1) is 0 Å². The molecule has 0 aliphatic rings. The first-order valence-corrected chi connectivity index (χ1v) is 12.6. The zero-order chi connectivity index (χ0) is 25.1. The highest BCUT2D eigenvalue weighted by Crippen LogP contribution is 2.11. The van der Waals surface area contributed by atoms with E-state index >= 15 is 0 Å². The number of nitrogens with zero attached hydrogens (tertiary/aromatic N) is 1. The average molecular weight is 475 g/mol. The van der Waals surface area contributed by atoms with Crippen molar-refractivity contribution < 1.29 is 38.2 Å². The molecule has 0 aliphatic carbocycles. The van der Waals surface area contributed by atoms with Crippen molar-refractivity contribution in [2.75, 3.05) is 41.0 Å². The predicted octanol–water partition coefficient (Wildman–Crippen LogP) is 4.34. The summed E-state index contributed by atoms with van der Waals surface area (Å²) in [7, 11) is 5.47. The number of unbranched alkanes of at least 4 members (excludes halogenated alkanes) is 7. The summed E-state index contributed by atoms with van der Waals surface area (Å²) in [6.07, 6.45) is 9.72. The second-order valence-electron chi connectivity index (χ2n) is 9.60. The maximum absolute atomic E-state index is 12.3. The van der Waals surface area contributed by atoms with Crippen molar-refractivity contribution in [1.29, 1.82) is 0 Å². The molecule has 0 aromatic carbocycles. The van der Waals surface area contributed by atoms with Gasteiger partial charge >= 0.3 is 17.9 Å². The van der Waals surface area contributed by atoms with Crippen LogP contribution in [0.15, 0.2) is 0 Å². The Morgan fingerprint density at radius 1 is 0.788 bits per heavy atom. The summed E-state index contributed by atoms with van der Waals surface area (Å²) in [5.74, 6) is -1.52. The number of quaternary nitrogens is 1. The number of carbonyl (C=O) groups is 3. The summed E-state index contributed by atoms with van der Waals surface area (Å²) in [6, 6.07) is -0.602. The molecular formula is C25H48NO7+. The Bertz CT molecular complexity index is 545. The van der Waals surface area contributed by atoms with Gasteiger partial charge in [0, 0.05) is 19.3 Å². The van der Waals surface area contributed by atoms with E-state index in [1.807, 2.05) is 28.1 Å². The molecule has 0 radical (unpaired) electrons. The summed E-state index contributed by atoms with van der Waals surface area (Å²) in [5.41, 5.74) is 0. The standard InChI is InChI=1S/C25H47NO7/c1-6-8-10-11-12-13-14-16-24(28)33-21(20-32-23(27)15-9-7-2)19-31-18-17-22(25(29)30)26(3,4)5/h21-22H,6-20H2,1-5H3/p+1. The number of carboxylic acids is 1. The molecule has 0 rings (SSSR count). The number of carboxylic acid groups (broad SMARTS) is 1. The topological polar surface area (TPSA) is 99.1 Å². The summed E-state index contributed by atoms with van der Waals surface area (Å²) >= 11 is 0. The number of rotatable bonds is 21. The second-order valence-corrected chi connectivity index (χ2v) is 9.60. The van der Waals surface area contributed by atoms with Crippen molar-refractivity contribution in [3.63, 3.8) is 0 Å². The minimum absolute atomic E-state index is 0.0526. The van der Waals surface area contributed by atoms with E-state index in [4.69, 9.17) is 14.2 Å². The number of likely N-dealkylation sites (N-methyl/N-ethyl adjacent to an activating group) is 1. The Morgan fingerprint density at radius 2 is 1.36 bits per heavy atom. The molecule has 0 bridgehead atoms. The maximum Gasteiger partial charge on any atom is 0.362 e. The molecule has 0 aliphatic heterocycles. The molecule has 0 fully saturated rings. The Kier molecular flexibility index (Phi) is 17.8. The van der Waals surface area contributed by atoms with Gasteiger partial charge in [-0.25, -0.2) is 4.79 Å². The zero-order valence-electron chi connectivity index (χ0n) is 21.6. The Morgan fingerprint density at radius 3 is 1.94 bits per heavy atom. The highest BCUT2D eigenvalue weighted by Gasteiger charge is 2.31. The van der Waals surface area contributed by atoms with Gasteiger partial charge in [0.15, 0.2) is 12.1 Å². The van der Waals surface area contributed by atoms with Crippen molar-refractivity contribution in [1.82, 2.24) is 0 Å². The average Bonchev–Trinajstić information content (AvgIpc) is 2.73. The molecule has 0 spiro atoms. The molecule has 0 amide bonds. The Hall–Kier alpha value is -1.67. The molecule has 0 aromatic rings. The van der Waals surface area contributed by atoms with E-state index in [1.54, 1.807) is 0 Å². The molecule has 0 heterocycles. The number of esters is 2. The maximum atomic E-state index is 12.3. The number of carbonyl (C=O) groups excluding carboxylic acids is 2.